The van der Waals surface area contributed by atoms with E-state index in [4.69, 9.17) is 9.26 Å². The van der Waals surface area contributed by atoms with Crippen LogP contribution in [0.1, 0.15) is 35.9 Å². The molecule has 1 unspecified atom stereocenters. The number of aliphatic hydroxyl groups excluding tert-OH is 1. The first kappa shape index (κ1) is 12.6. The first-order valence-corrected chi connectivity index (χ1v) is 5.77. The molecular formula is C13H16N2O3. The van der Waals surface area contributed by atoms with Crippen LogP contribution in [0.5, 0.6) is 5.75 Å². The Balaban J connectivity index is 2.13. The van der Waals surface area contributed by atoms with E-state index in [2.05, 4.69) is 10.1 Å². The van der Waals surface area contributed by atoms with Gasteiger partial charge in [-0.05, 0) is 32.9 Å². The van der Waals surface area contributed by atoms with Gasteiger partial charge in [-0.15, -0.1) is 0 Å². The molecule has 1 N–H and O–H groups in total. The minimum atomic E-state index is -0.579. The molecule has 0 radical (unpaired) electrons. The van der Waals surface area contributed by atoms with E-state index >= 15 is 0 Å². The van der Waals surface area contributed by atoms with Gasteiger partial charge in [0.05, 0.1) is 6.10 Å². The predicted molar refractivity (Wildman–Crippen MR) is 65.2 cm³/mol. The number of aromatic nitrogens is 2. The smallest absolute Gasteiger partial charge is 0.264 e. The van der Waals surface area contributed by atoms with Gasteiger partial charge in [-0.25, -0.2) is 0 Å². The van der Waals surface area contributed by atoms with E-state index < -0.39 is 6.10 Å². The fourth-order valence-electron chi connectivity index (χ4n) is 1.66. The molecule has 0 saturated carbocycles. The SMILES string of the molecule is Cc1ccc(OCc2nc(C)no2)c(C(C)O)c1. The lowest BCUT2D eigenvalue weighted by molar-refractivity contribution is 0.185. The highest BCUT2D eigenvalue weighted by molar-refractivity contribution is 5.38. The third kappa shape index (κ3) is 2.87. The molecule has 96 valence electrons. The van der Waals surface area contributed by atoms with Gasteiger partial charge in [0, 0.05) is 5.56 Å². The van der Waals surface area contributed by atoms with Crippen molar-refractivity contribution in [3.63, 3.8) is 0 Å². The average Bonchev–Trinajstić information content (AvgIpc) is 2.73. The van der Waals surface area contributed by atoms with E-state index in [1.807, 2.05) is 25.1 Å². The van der Waals surface area contributed by atoms with Gasteiger partial charge in [0.25, 0.3) is 5.89 Å². The summed E-state index contributed by atoms with van der Waals surface area (Å²) in [7, 11) is 0. The fraction of sp³-hybridized carbons (Fsp3) is 0.385. The van der Waals surface area contributed by atoms with Gasteiger partial charge >= 0.3 is 0 Å². The highest BCUT2D eigenvalue weighted by atomic mass is 16.5. The van der Waals surface area contributed by atoms with E-state index in [0.29, 0.717) is 17.5 Å². The number of nitrogens with zero attached hydrogens (tertiary/aromatic N) is 2. The van der Waals surface area contributed by atoms with Crippen LogP contribution < -0.4 is 4.74 Å². The van der Waals surface area contributed by atoms with E-state index in [1.54, 1.807) is 13.8 Å². The normalized spacial score (nSPS) is 12.4. The second kappa shape index (κ2) is 5.18. The molecule has 1 heterocycles. The monoisotopic (exact) mass is 248 g/mol. The van der Waals surface area contributed by atoms with Gasteiger partial charge < -0.3 is 14.4 Å². The van der Waals surface area contributed by atoms with Gasteiger partial charge in [0.1, 0.15) is 5.75 Å². The summed E-state index contributed by atoms with van der Waals surface area (Å²) in [4.78, 5) is 4.05. The standard InChI is InChI=1S/C13H16N2O3/c1-8-4-5-12(11(6-8)9(2)16)17-7-13-14-10(3)15-18-13/h4-6,9,16H,7H2,1-3H3. The van der Waals surface area contributed by atoms with Gasteiger partial charge in [-0.2, -0.15) is 4.98 Å². The largest absolute Gasteiger partial charge is 0.483 e. The predicted octanol–water partition coefficient (Wildman–Crippen LogP) is 2.32. The van der Waals surface area contributed by atoms with Crippen molar-refractivity contribution in [1.29, 1.82) is 0 Å². The maximum absolute atomic E-state index is 9.70. The minimum Gasteiger partial charge on any atom is -0.483 e. The number of aliphatic hydroxyl groups is 1. The Morgan fingerprint density at radius 3 is 2.78 bits per heavy atom. The molecule has 18 heavy (non-hydrogen) atoms. The van der Waals surface area contributed by atoms with Crippen LogP contribution in [-0.2, 0) is 6.61 Å². The zero-order chi connectivity index (χ0) is 13.1. The van der Waals surface area contributed by atoms with Gasteiger partial charge in [-0.3, -0.25) is 0 Å². The highest BCUT2D eigenvalue weighted by Crippen LogP contribution is 2.26. The zero-order valence-corrected chi connectivity index (χ0v) is 10.7. The van der Waals surface area contributed by atoms with Crippen LogP contribution in [-0.4, -0.2) is 15.2 Å². The first-order chi connectivity index (χ1) is 8.56. The van der Waals surface area contributed by atoms with Crippen LogP contribution in [0.2, 0.25) is 0 Å². The lowest BCUT2D eigenvalue weighted by atomic mass is 10.1. The molecule has 0 aliphatic rings. The van der Waals surface area contributed by atoms with Crippen molar-refractivity contribution in [3.05, 3.63) is 41.0 Å². The third-order valence-electron chi connectivity index (χ3n) is 2.54. The Morgan fingerprint density at radius 1 is 1.39 bits per heavy atom. The van der Waals surface area contributed by atoms with Crippen molar-refractivity contribution >= 4 is 0 Å². The van der Waals surface area contributed by atoms with Gasteiger partial charge in [0.2, 0.25) is 0 Å². The molecule has 1 atom stereocenters. The van der Waals surface area contributed by atoms with Crippen molar-refractivity contribution < 1.29 is 14.4 Å². The lowest BCUT2D eigenvalue weighted by Gasteiger charge is -2.13. The van der Waals surface area contributed by atoms with Crippen LogP contribution >= 0.6 is 0 Å². The van der Waals surface area contributed by atoms with Crippen LogP contribution in [0, 0.1) is 13.8 Å². The van der Waals surface area contributed by atoms with E-state index in [9.17, 15) is 5.11 Å². The molecule has 0 aliphatic carbocycles. The number of hydrogen-bond donors (Lipinski definition) is 1. The summed E-state index contributed by atoms with van der Waals surface area (Å²) in [6.07, 6.45) is -0.579. The molecule has 0 spiro atoms. The Kier molecular flexibility index (Phi) is 3.62. The molecule has 5 heteroatoms. The van der Waals surface area contributed by atoms with E-state index in [1.165, 1.54) is 0 Å². The summed E-state index contributed by atoms with van der Waals surface area (Å²) in [5.41, 5.74) is 1.83. The topological polar surface area (TPSA) is 68.4 Å². The Morgan fingerprint density at radius 2 is 2.17 bits per heavy atom. The van der Waals surface area contributed by atoms with E-state index in [0.717, 1.165) is 11.1 Å². The van der Waals surface area contributed by atoms with Crippen LogP contribution in [0.15, 0.2) is 22.7 Å². The molecule has 5 nitrogen and oxygen atoms in total. The summed E-state index contributed by atoms with van der Waals surface area (Å²) in [5.74, 6) is 1.63. The number of benzene rings is 1. The minimum absolute atomic E-state index is 0.198. The molecular weight excluding hydrogens is 232 g/mol. The van der Waals surface area contributed by atoms with Gasteiger partial charge in [-0.1, -0.05) is 16.8 Å². The number of ether oxygens (including phenoxy) is 1. The fourth-order valence-corrected chi connectivity index (χ4v) is 1.66. The summed E-state index contributed by atoms with van der Waals surface area (Å²) >= 11 is 0. The molecule has 2 aromatic rings. The number of aryl methyl sites for hydroxylation is 2. The molecule has 0 aliphatic heterocycles. The van der Waals surface area contributed by atoms with Crippen molar-refractivity contribution in [2.45, 2.75) is 33.5 Å². The second-order valence-corrected chi connectivity index (χ2v) is 4.24. The Bertz CT molecular complexity index is 535. The summed E-state index contributed by atoms with van der Waals surface area (Å²) < 4.78 is 10.6. The molecule has 1 aromatic carbocycles. The first-order valence-electron chi connectivity index (χ1n) is 5.77. The van der Waals surface area contributed by atoms with Crippen LogP contribution in [0.25, 0.3) is 0 Å². The summed E-state index contributed by atoms with van der Waals surface area (Å²) in [6, 6.07) is 5.67. The quantitative estimate of drug-likeness (QED) is 0.899. The van der Waals surface area contributed by atoms with Crippen molar-refractivity contribution in [1.82, 2.24) is 10.1 Å². The highest BCUT2D eigenvalue weighted by Gasteiger charge is 2.11. The molecule has 0 amide bonds. The second-order valence-electron chi connectivity index (χ2n) is 4.24. The molecule has 0 saturated heterocycles. The van der Waals surface area contributed by atoms with Crippen molar-refractivity contribution in [2.75, 3.05) is 0 Å². The summed E-state index contributed by atoms with van der Waals surface area (Å²) in [6.45, 7) is 5.62. The number of rotatable bonds is 4. The van der Waals surface area contributed by atoms with Crippen molar-refractivity contribution in [2.24, 2.45) is 0 Å². The molecule has 2 rings (SSSR count). The van der Waals surface area contributed by atoms with Crippen molar-refractivity contribution in [3.8, 4) is 5.75 Å². The number of hydrogen-bond acceptors (Lipinski definition) is 5. The van der Waals surface area contributed by atoms with E-state index in [-0.39, 0.29) is 6.61 Å². The Labute approximate surface area is 105 Å². The molecule has 0 bridgehead atoms. The lowest BCUT2D eigenvalue weighted by Crippen LogP contribution is -2.01. The zero-order valence-electron chi connectivity index (χ0n) is 10.7. The molecule has 1 aromatic heterocycles. The third-order valence-corrected chi connectivity index (χ3v) is 2.54. The summed E-state index contributed by atoms with van der Waals surface area (Å²) in [5, 5.41) is 13.4. The van der Waals surface area contributed by atoms with Gasteiger partial charge in [0.15, 0.2) is 12.4 Å². The molecule has 0 fully saturated rings. The Hall–Kier alpha value is -1.88. The van der Waals surface area contributed by atoms with Crippen LogP contribution in [0.4, 0.5) is 0 Å². The maximum Gasteiger partial charge on any atom is 0.264 e. The van der Waals surface area contributed by atoms with Crippen LogP contribution in [0.3, 0.4) is 0 Å². The maximum atomic E-state index is 9.70. The average molecular weight is 248 g/mol.